The maximum atomic E-state index is 11.1. The molecule has 0 aromatic carbocycles. The van der Waals surface area contributed by atoms with Crippen molar-refractivity contribution in [3.63, 3.8) is 0 Å². The van der Waals surface area contributed by atoms with Crippen molar-refractivity contribution in [2.75, 3.05) is 12.9 Å². The molecule has 0 fully saturated rings. The lowest BCUT2D eigenvalue weighted by atomic mass is 10.1. The molecule has 1 heterocycles. The van der Waals surface area contributed by atoms with Crippen LogP contribution in [0.1, 0.15) is 12.8 Å². The first kappa shape index (κ1) is 12.0. The third-order valence-electron chi connectivity index (χ3n) is 1.61. The van der Waals surface area contributed by atoms with E-state index in [1.807, 2.05) is 0 Å². The number of aliphatic hydroxyl groups is 1. The van der Waals surface area contributed by atoms with Gasteiger partial charge in [-0.3, -0.25) is 0 Å². The van der Waals surface area contributed by atoms with Gasteiger partial charge in [0.15, 0.2) is 5.60 Å². The minimum Gasteiger partial charge on any atom is -0.467 e. The second-order valence-electron chi connectivity index (χ2n) is 3.14. The van der Waals surface area contributed by atoms with E-state index in [0.717, 1.165) is 11.8 Å². The molecule has 0 saturated heterocycles. The van der Waals surface area contributed by atoms with Crippen LogP contribution in [0, 0.1) is 6.92 Å². The lowest BCUT2D eigenvalue weighted by Gasteiger charge is -2.18. The quantitative estimate of drug-likeness (QED) is 0.593. The summed E-state index contributed by atoms with van der Waals surface area (Å²) in [6.45, 7) is 3.03. The van der Waals surface area contributed by atoms with Gasteiger partial charge in [-0.25, -0.2) is 4.79 Å². The first-order valence-corrected chi connectivity index (χ1v) is 5.18. The predicted molar refractivity (Wildman–Crippen MR) is 52.4 cm³/mol. The summed E-state index contributed by atoms with van der Waals surface area (Å²) in [5.41, 5.74) is -1.55. The van der Waals surface area contributed by atoms with Crippen LogP contribution >= 0.6 is 11.8 Å². The van der Waals surface area contributed by atoms with Gasteiger partial charge in [-0.1, -0.05) is 11.8 Å². The summed E-state index contributed by atoms with van der Waals surface area (Å²) in [4.78, 5) is 11.1. The van der Waals surface area contributed by atoms with E-state index in [9.17, 15) is 9.90 Å². The maximum absolute atomic E-state index is 11.1. The number of thioether (sulfide) groups is 1. The molecule has 1 rings (SSSR count). The third kappa shape index (κ3) is 3.21. The second-order valence-corrected chi connectivity index (χ2v) is 4.07. The average molecular weight is 232 g/mol. The van der Waals surface area contributed by atoms with Crippen LogP contribution in [0.2, 0.25) is 0 Å². The SMILES string of the molecule is COC(=O)C(C)(O)CSc1nnc(C)o1. The highest BCUT2D eigenvalue weighted by Gasteiger charge is 2.32. The van der Waals surface area contributed by atoms with E-state index in [1.165, 1.54) is 14.0 Å². The lowest BCUT2D eigenvalue weighted by molar-refractivity contribution is -0.158. The fourth-order valence-electron chi connectivity index (χ4n) is 0.818. The van der Waals surface area contributed by atoms with Crippen LogP contribution in [-0.2, 0) is 9.53 Å². The van der Waals surface area contributed by atoms with Crippen LogP contribution in [0.25, 0.3) is 0 Å². The average Bonchev–Trinajstić information content (AvgIpc) is 2.60. The molecule has 1 atom stereocenters. The number of carbonyl (C=O) groups excluding carboxylic acids is 1. The van der Waals surface area contributed by atoms with Crippen molar-refractivity contribution in [3.05, 3.63) is 5.89 Å². The molecule has 15 heavy (non-hydrogen) atoms. The van der Waals surface area contributed by atoms with Crippen LogP contribution in [0.3, 0.4) is 0 Å². The van der Waals surface area contributed by atoms with Crippen LogP contribution in [-0.4, -0.2) is 39.7 Å². The van der Waals surface area contributed by atoms with Gasteiger partial charge >= 0.3 is 5.97 Å². The van der Waals surface area contributed by atoms with E-state index in [-0.39, 0.29) is 5.75 Å². The molecule has 0 saturated carbocycles. The van der Waals surface area contributed by atoms with Gasteiger partial charge in [0.1, 0.15) is 0 Å². The summed E-state index contributed by atoms with van der Waals surface area (Å²) in [5.74, 6) is -0.150. The summed E-state index contributed by atoms with van der Waals surface area (Å²) in [7, 11) is 1.22. The zero-order valence-corrected chi connectivity index (χ0v) is 9.50. The number of aromatic nitrogens is 2. The Kier molecular flexibility index (Phi) is 3.70. The number of aryl methyl sites for hydroxylation is 1. The van der Waals surface area contributed by atoms with Gasteiger partial charge in [0, 0.05) is 12.7 Å². The Balaban J connectivity index is 2.53. The Morgan fingerprint density at radius 3 is 2.80 bits per heavy atom. The van der Waals surface area contributed by atoms with Crippen LogP contribution < -0.4 is 0 Å². The zero-order valence-electron chi connectivity index (χ0n) is 8.68. The third-order valence-corrected chi connectivity index (χ3v) is 2.73. The lowest BCUT2D eigenvalue weighted by Crippen LogP contribution is -2.38. The van der Waals surface area contributed by atoms with Gasteiger partial charge in [-0.2, -0.15) is 0 Å². The number of esters is 1. The summed E-state index contributed by atoms with van der Waals surface area (Å²) >= 11 is 1.10. The van der Waals surface area contributed by atoms with E-state index >= 15 is 0 Å². The topological polar surface area (TPSA) is 85.5 Å². The molecule has 1 aromatic rings. The molecule has 0 spiro atoms. The van der Waals surface area contributed by atoms with Crippen molar-refractivity contribution < 1.29 is 19.1 Å². The number of rotatable bonds is 4. The molecule has 84 valence electrons. The molecule has 1 unspecified atom stereocenters. The number of methoxy groups -OCH3 is 1. The molecule has 1 aromatic heterocycles. The molecular weight excluding hydrogens is 220 g/mol. The van der Waals surface area contributed by atoms with Gasteiger partial charge in [0.05, 0.1) is 7.11 Å². The largest absolute Gasteiger partial charge is 0.467 e. The molecule has 0 bridgehead atoms. The number of nitrogens with zero attached hydrogens (tertiary/aromatic N) is 2. The summed E-state index contributed by atoms with van der Waals surface area (Å²) < 4.78 is 9.51. The smallest absolute Gasteiger partial charge is 0.338 e. The number of ether oxygens (including phenoxy) is 1. The Hall–Kier alpha value is -1.08. The molecule has 0 aliphatic heterocycles. The molecule has 0 aliphatic rings. The first-order valence-electron chi connectivity index (χ1n) is 4.19. The van der Waals surface area contributed by atoms with E-state index in [4.69, 9.17) is 4.42 Å². The highest BCUT2D eigenvalue weighted by atomic mass is 32.2. The fourth-order valence-corrected chi connectivity index (χ4v) is 1.62. The van der Waals surface area contributed by atoms with Gasteiger partial charge in [-0.05, 0) is 6.92 Å². The minimum absolute atomic E-state index is 0.0985. The standard InChI is InChI=1S/C8H12N2O4S/c1-5-9-10-7(14-5)15-4-8(2,12)6(11)13-3/h12H,4H2,1-3H3. The van der Waals surface area contributed by atoms with Crippen LogP contribution in [0.15, 0.2) is 9.64 Å². The molecule has 0 radical (unpaired) electrons. The number of hydrogen-bond donors (Lipinski definition) is 1. The monoisotopic (exact) mass is 232 g/mol. The highest BCUT2D eigenvalue weighted by molar-refractivity contribution is 7.99. The van der Waals surface area contributed by atoms with Gasteiger partial charge in [0.2, 0.25) is 5.89 Å². The first-order chi connectivity index (χ1) is 6.95. The van der Waals surface area contributed by atoms with Crippen molar-refractivity contribution >= 4 is 17.7 Å². The van der Waals surface area contributed by atoms with E-state index in [2.05, 4.69) is 14.9 Å². The molecular formula is C8H12N2O4S. The molecule has 7 heteroatoms. The van der Waals surface area contributed by atoms with Gasteiger partial charge in [0.25, 0.3) is 5.22 Å². The fraction of sp³-hybridized carbons (Fsp3) is 0.625. The Labute approximate surface area is 91.0 Å². The minimum atomic E-state index is -1.55. The summed E-state index contributed by atoms with van der Waals surface area (Å²) in [6, 6.07) is 0. The molecule has 6 nitrogen and oxygen atoms in total. The highest BCUT2D eigenvalue weighted by Crippen LogP contribution is 2.21. The predicted octanol–water partition coefficient (Wildman–Crippen LogP) is 0.394. The molecule has 1 N–H and O–H groups in total. The molecule has 0 aliphatic carbocycles. The summed E-state index contributed by atoms with van der Waals surface area (Å²) in [5, 5.41) is 17.3. The van der Waals surface area contributed by atoms with Crippen molar-refractivity contribution in [2.45, 2.75) is 24.7 Å². The van der Waals surface area contributed by atoms with Crippen molar-refractivity contribution in [2.24, 2.45) is 0 Å². The van der Waals surface area contributed by atoms with Gasteiger partial charge in [-0.15, -0.1) is 10.2 Å². The van der Waals surface area contributed by atoms with E-state index in [0.29, 0.717) is 11.1 Å². The Bertz CT molecular complexity index is 350. The Morgan fingerprint density at radius 1 is 1.67 bits per heavy atom. The zero-order chi connectivity index (χ0) is 11.5. The van der Waals surface area contributed by atoms with E-state index in [1.54, 1.807) is 6.92 Å². The normalized spacial score (nSPS) is 14.7. The second kappa shape index (κ2) is 4.63. The number of hydrogen-bond acceptors (Lipinski definition) is 7. The Morgan fingerprint density at radius 2 is 2.33 bits per heavy atom. The number of carbonyl (C=O) groups is 1. The van der Waals surface area contributed by atoms with E-state index < -0.39 is 11.6 Å². The molecule has 0 amide bonds. The summed E-state index contributed by atoms with van der Waals surface area (Å²) in [6.07, 6.45) is 0. The van der Waals surface area contributed by atoms with Crippen molar-refractivity contribution in [1.29, 1.82) is 0 Å². The van der Waals surface area contributed by atoms with Crippen molar-refractivity contribution in [1.82, 2.24) is 10.2 Å². The van der Waals surface area contributed by atoms with Crippen molar-refractivity contribution in [3.8, 4) is 0 Å². The van der Waals surface area contributed by atoms with Gasteiger partial charge < -0.3 is 14.3 Å². The maximum Gasteiger partial charge on any atom is 0.338 e. The van der Waals surface area contributed by atoms with Crippen LogP contribution in [0.5, 0.6) is 0 Å². The van der Waals surface area contributed by atoms with Crippen LogP contribution in [0.4, 0.5) is 0 Å².